The first-order chi connectivity index (χ1) is 25.4. The Morgan fingerprint density at radius 3 is 2.55 bits per heavy atom. The zero-order chi connectivity index (χ0) is 37.5. The summed E-state index contributed by atoms with van der Waals surface area (Å²) >= 11 is 0. The Labute approximate surface area is 307 Å². The molecule has 1 aromatic carbocycles. The van der Waals surface area contributed by atoms with Crippen molar-refractivity contribution in [1.29, 1.82) is 0 Å². The minimum Gasteiger partial charge on any atom is -0.512 e. The van der Waals surface area contributed by atoms with E-state index < -0.39 is 17.1 Å². The quantitative estimate of drug-likeness (QED) is 0.186. The molecule has 13 nitrogen and oxygen atoms in total. The van der Waals surface area contributed by atoms with E-state index in [0.717, 1.165) is 23.3 Å². The number of fused-ring (bicyclic) bond motifs is 3. The van der Waals surface area contributed by atoms with Crippen molar-refractivity contribution in [2.45, 2.75) is 64.5 Å². The van der Waals surface area contributed by atoms with E-state index in [9.17, 15) is 24.2 Å². The molecule has 3 atom stereocenters. The van der Waals surface area contributed by atoms with Crippen molar-refractivity contribution in [3.8, 4) is 0 Å². The molecule has 5 N–H and O–H groups in total. The van der Waals surface area contributed by atoms with Gasteiger partial charge in [-0.2, -0.15) is 15.0 Å². The van der Waals surface area contributed by atoms with Gasteiger partial charge in [0.15, 0.2) is 5.60 Å². The van der Waals surface area contributed by atoms with E-state index in [4.69, 9.17) is 9.47 Å². The number of likely N-dealkylation sites (N-methyl/N-ethyl adjacent to an activating group) is 1. The zero-order valence-electron chi connectivity index (χ0n) is 30.3. The van der Waals surface area contributed by atoms with Crippen molar-refractivity contribution < 1.29 is 33.7 Å². The zero-order valence-corrected chi connectivity index (χ0v) is 30.3. The molecule has 0 radical (unpaired) electrons. The van der Waals surface area contributed by atoms with Crippen LogP contribution in [0.25, 0.3) is 0 Å². The van der Waals surface area contributed by atoms with Crippen LogP contribution in [0.1, 0.15) is 62.6 Å². The number of benzene rings is 1. The number of hydrogen-bond donors (Lipinski definition) is 5. The third-order valence-electron chi connectivity index (χ3n) is 10.4. The molecule has 3 aliphatic carbocycles. The lowest BCUT2D eigenvalue weighted by atomic mass is 9.68. The molecule has 1 amide bonds. The maximum Gasteiger partial charge on any atom is 0.336 e. The van der Waals surface area contributed by atoms with Crippen molar-refractivity contribution in [3.05, 3.63) is 111 Å². The Kier molecular flexibility index (Phi) is 9.58. The van der Waals surface area contributed by atoms with Gasteiger partial charge < -0.3 is 40.5 Å². The van der Waals surface area contributed by atoms with Crippen molar-refractivity contribution in [2.75, 3.05) is 43.4 Å². The lowest BCUT2D eigenvalue weighted by Crippen LogP contribution is -2.43. The number of aliphatic hydroxyl groups excluding tert-OH is 2. The molecular formula is C39H44FN7O6. The summed E-state index contributed by atoms with van der Waals surface area (Å²) < 4.78 is 25.8. The van der Waals surface area contributed by atoms with Gasteiger partial charge in [-0.05, 0) is 57.5 Å². The predicted octanol–water partition coefficient (Wildman–Crippen LogP) is 5.46. The van der Waals surface area contributed by atoms with E-state index in [1.807, 2.05) is 32.9 Å². The number of allylic oxidation sites excluding steroid dienone is 4. The fourth-order valence-electron chi connectivity index (χ4n) is 7.56. The van der Waals surface area contributed by atoms with Gasteiger partial charge in [0.25, 0.3) is 5.91 Å². The van der Waals surface area contributed by atoms with E-state index in [2.05, 4.69) is 35.8 Å². The molecule has 0 saturated carbocycles. The summed E-state index contributed by atoms with van der Waals surface area (Å²) in [5.74, 6) is 1.26. The number of hydrogen-bond acceptors (Lipinski definition) is 12. The number of carbonyl (C=O) groups is 2. The smallest absolute Gasteiger partial charge is 0.336 e. The van der Waals surface area contributed by atoms with Gasteiger partial charge in [0.2, 0.25) is 11.9 Å². The second-order valence-corrected chi connectivity index (χ2v) is 14.3. The van der Waals surface area contributed by atoms with Crippen LogP contribution in [-0.4, -0.2) is 85.8 Å². The SMILES string of the molecule is CCN(CCNC(=O)c1ccc(F)cc1)CCNc1nc(C)nc(NC2(C)C=CC3=C(C2)C(=O)OC32C3=C(C=C(O)CC3)OC3=C2CC(C)C(O)=C3)n1. The van der Waals surface area contributed by atoms with Gasteiger partial charge >= 0.3 is 5.97 Å². The van der Waals surface area contributed by atoms with E-state index in [-0.39, 0.29) is 29.2 Å². The number of ether oxygens (including phenoxy) is 2. The molecule has 3 unspecified atom stereocenters. The van der Waals surface area contributed by atoms with Gasteiger partial charge in [-0.3, -0.25) is 4.79 Å². The molecule has 2 aromatic rings. The summed E-state index contributed by atoms with van der Waals surface area (Å²) in [6, 6.07) is 5.45. The summed E-state index contributed by atoms with van der Waals surface area (Å²) in [6.45, 7) is 10.8. The summed E-state index contributed by atoms with van der Waals surface area (Å²) in [6.07, 6.45) is 8.70. The minimum absolute atomic E-state index is 0.184. The number of aryl methyl sites for hydroxylation is 1. The van der Waals surface area contributed by atoms with Gasteiger partial charge in [-0.1, -0.05) is 26.0 Å². The van der Waals surface area contributed by atoms with Crippen LogP contribution in [0.3, 0.4) is 0 Å². The molecule has 5 aliphatic rings. The first-order valence-corrected chi connectivity index (χ1v) is 18.0. The number of aliphatic hydroxyl groups is 2. The Balaban J connectivity index is 1.02. The molecule has 0 fully saturated rings. The van der Waals surface area contributed by atoms with Crippen molar-refractivity contribution in [1.82, 2.24) is 25.2 Å². The lowest BCUT2D eigenvalue weighted by molar-refractivity contribution is -0.143. The van der Waals surface area contributed by atoms with E-state index in [1.54, 1.807) is 19.1 Å². The summed E-state index contributed by atoms with van der Waals surface area (Å²) in [7, 11) is 0. The van der Waals surface area contributed by atoms with Crippen LogP contribution in [0.15, 0.2) is 93.9 Å². The van der Waals surface area contributed by atoms with Crippen molar-refractivity contribution in [2.24, 2.45) is 5.92 Å². The molecule has 53 heavy (non-hydrogen) atoms. The lowest BCUT2D eigenvalue weighted by Gasteiger charge is -2.43. The third kappa shape index (κ3) is 7.02. The van der Waals surface area contributed by atoms with Gasteiger partial charge in [0.05, 0.1) is 17.1 Å². The van der Waals surface area contributed by atoms with Crippen LogP contribution in [0, 0.1) is 18.7 Å². The fourth-order valence-corrected chi connectivity index (χ4v) is 7.56. The molecule has 0 saturated heterocycles. The minimum atomic E-state index is -1.18. The highest BCUT2D eigenvalue weighted by molar-refractivity contribution is 5.97. The number of aromatic nitrogens is 3. The fraction of sp³-hybridized carbons (Fsp3) is 0.410. The molecule has 278 valence electrons. The molecule has 3 heterocycles. The number of carbonyl (C=O) groups excluding carboxylic acids is 2. The van der Waals surface area contributed by atoms with Crippen LogP contribution in [-0.2, 0) is 14.3 Å². The highest BCUT2D eigenvalue weighted by Gasteiger charge is 2.58. The van der Waals surface area contributed by atoms with E-state index in [1.165, 1.54) is 24.3 Å². The second kappa shape index (κ2) is 14.1. The number of esters is 1. The largest absolute Gasteiger partial charge is 0.512 e. The van der Waals surface area contributed by atoms with E-state index in [0.29, 0.717) is 92.2 Å². The number of halogens is 1. The molecule has 14 heteroatoms. The highest BCUT2D eigenvalue weighted by atomic mass is 19.1. The first-order valence-electron chi connectivity index (χ1n) is 18.0. The van der Waals surface area contributed by atoms with Crippen LogP contribution in [0.4, 0.5) is 16.3 Å². The first kappa shape index (κ1) is 35.9. The van der Waals surface area contributed by atoms with Crippen LogP contribution >= 0.6 is 0 Å². The molecule has 1 aromatic heterocycles. The number of amides is 1. The third-order valence-corrected chi connectivity index (χ3v) is 10.4. The Bertz CT molecular complexity index is 2040. The molecule has 1 spiro atoms. The van der Waals surface area contributed by atoms with Crippen molar-refractivity contribution in [3.63, 3.8) is 0 Å². The van der Waals surface area contributed by atoms with Gasteiger partial charge in [0.1, 0.15) is 23.2 Å². The number of anilines is 2. The van der Waals surface area contributed by atoms with Crippen molar-refractivity contribution >= 4 is 23.8 Å². The number of nitrogens with one attached hydrogen (secondary N) is 3. The van der Waals surface area contributed by atoms with E-state index >= 15 is 0 Å². The average Bonchev–Trinajstić information content (AvgIpc) is 3.39. The molecule has 0 bridgehead atoms. The Morgan fingerprint density at radius 2 is 1.77 bits per heavy atom. The van der Waals surface area contributed by atoms with Crippen LogP contribution in [0.2, 0.25) is 0 Å². The summed E-state index contributed by atoms with van der Waals surface area (Å²) in [5, 5.41) is 30.5. The predicted molar refractivity (Wildman–Crippen MR) is 195 cm³/mol. The van der Waals surface area contributed by atoms with Gasteiger partial charge in [-0.25, -0.2) is 9.18 Å². The topological polar surface area (TPSA) is 171 Å². The maximum absolute atomic E-state index is 13.8. The second-order valence-electron chi connectivity index (χ2n) is 14.3. The van der Waals surface area contributed by atoms with Gasteiger partial charge in [-0.15, -0.1) is 0 Å². The molecule has 2 aliphatic heterocycles. The monoisotopic (exact) mass is 725 g/mol. The molecular weight excluding hydrogens is 681 g/mol. The van der Waals surface area contributed by atoms with Gasteiger partial charge in [0, 0.05) is 84.9 Å². The normalized spacial score (nSPS) is 24.6. The highest BCUT2D eigenvalue weighted by Crippen LogP contribution is 2.57. The molecule has 7 rings (SSSR count). The maximum atomic E-state index is 13.8. The summed E-state index contributed by atoms with van der Waals surface area (Å²) in [5.41, 5.74) is 1.34. The van der Waals surface area contributed by atoms with Crippen LogP contribution in [0.5, 0.6) is 0 Å². The summed E-state index contributed by atoms with van der Waals surface area (Å²) in [4.78, 5) is 42.0. The average molecular weight is 726 g/mol. The Morgan fingerprint density at radius 1 is 1.04 bits per heavy atom. The Hall–Kier alpha value is -5.50. The number of rotatable bonds is 11. The standard InChI is InChI=1S/C39H44FN7O6/c1-5-47(16-14-41-34(50)24-6-8-25(40)9-7-24)17-15-42-36-43-23(3)44-37(45-36)46-38(4)13-12-28-27(21-38)35(51)53-39(28)29-11-10-26(48)19-32(29)52-33-20-31(49)22(2)18-30(33)39/h6-9,12-13,19-20,22,48-49H,5,10-11,14-18,21H2,1-4H3,(H,41,50)(H2,42,43,44,45,46). The van der Waals surface area contributed by atoms with Crippen LogP contribution < -0.4 is 16.0 Å². The number of nitrogens with zero attached hydrogens (tertiary/aromatic N) is 4.